The Morgan fingerprint density at radius 3 is 1.75 bits per heavy atom. The molecule has 0 aliphatic heterocycles. The molecule has 0 aliphatic carbocycles. The third-order valence-electron chi connectivity index (χ3n) is 2.49. The van der Waals surface area contributed by atoms with Crippen molar-refractivity contribution in [2.75, 3.05) is 0 Å². The van der Waals surface area contributed by atoms with E-state index in [2.05, 4.69) is 0 Å². The second-order valence-electron chi connectivity index (χ2n) is 4.39. The van der Waals surface area contributed by atoms with Gasteiger partial charge < -0.3 is 4.18 Å². The van der Waals surface area contributed by atoms with E-state index in [0.717, 1.165) is 11.1 Å². The van der Waals surface area contributed by atoms with Crippen LogP contribution in [0.1, 0.15) is 50.7 Å². The van der Waals surface area contributed by atoms with Crippen LogP contribution in [-0.4, -0.2) is 8.42 Å². The van der Waals surface area contributed by atoms with Gasteiger partial charge in [-0.15, -0.1) is 0 Å². The summed E-state index contributed by atoms with van der Waals surface area (Å²) < 4.78 is 26.4. The Bertz CT molecular complexity index is 400. The van der Waals surface area contributed by atoms with Gasteiger partial charge in [0.05, 0.1) is 0 Å². The lowest BCUT2D eigenvalue weighted by Gasteiger charge is -2.16. The van der Waals surface area contributed by atoms with Gasteiger partial charge in [0, 0.05) is 0 Å². The quantitative estimate of drug-likeness (QED) is 0.826. The molecule has 0 unspecified atom stereocenters. The predicted octanol–water partition coefficient (Wildman–Crippen LogP) is 2.84. The normalized spacial score (nSPS) is 11.4. The zero-order chi connectivity index (χ0) is 12.3. The average Bonchev–Trinajstić information content (AvgIpc) is 2.16. The van der Waals surface area contributed by atoms with Crippen LogP contribution in [0.5, 0.6) is 5.75 Å². The molecule has 0 atom stereocenters. The molecule has 1 aromatic carbocycles. The summed E-state index contributed by atoms with van der Waals surface area (Å²) >= 11 is 0. The van der Waals surface area contributed by atoms with Crippen LogP contribution in [0.15, 0.2) is 18.2 Å². The Kier molecular flexibility index (Phi) is 4.35. The molecule has 16 heavy (non-hydrogen) atoms. The van der Waals surface area contributed by atoms with Crippen LogP contribution < -0.4 is 4.18 Å². The van der Waals surface area contributed by atoms with Crippen molar-refractivity contribution in [2.24, 2.45) is 0 Å². The van der Waals surface area contributed by atoms with Crippen molar-refractivity contribution < 1.29 is 12.6 Å². The van der Waals surface area contributed by atoms with Crippen LogP contribution in [0, 0.1) is 0 Å². The minimum Gasteiger partial charge on any atom is -0.384 e. The highest BCUT2D eigenvalue weighted by Gasteiger charge is 2.15. The van der Waals surface area contributed by atoms with E-state index < -0.39 is 11.0 Å². The number of rotatable bonds is 4. The van der Waals surface area contributed by atoms with Crippen LogP contribution in [0.25, 0.3) is 0 Å². The van der Waals surface area contributed by atoms with E-state index in [1.807, 2.05) is 45.9 Å². The third kappa shape index (κ3) is 2.98. The molecule has 0 heterocycles. The zero-order valence-corrected chi connectivity index (χ0v) is 11.0. The Morgan fingerprint density at radius 1 is 1.00 bits per heavy atom. The lowest BCUT2D eigenvalue weighted by molar-refractivity contribution is 0.499. The van der Waals surface area contributed by atoms with Crippen molar-refractivity contribution in [3.8, 4) is 5.75 Å². The average molecular weight is 242 g/mol. The Balaban J connectivity index is 3.34. The molecule has 0 radical (unpaired) electrons. The van der Waals surface area contributed by atoms with Crippen LogP contribution in [0.4, 0.5) is 0 Å². The summed E-state index contributed by atoms with van der Waals surface area (Å²) in [5, 5.41) is 0. The summed E-state index contributed by atoms with van der Waals surface area (Å²) in [7, 11) is -2.86. The Morgan fingerprint density at radius 2 is 1.44 bits per heavy atom. The predicted molar refractivity (Wildman–Crippen MR) is 65.6 cm³/mol. The first kappa shape index (κ1) is 13.0. The molecule has 90 valence electrons. The number of thiol groups is 1. The highest BCUT2D eigenvalue weighted by Crippen LogP contribution is 2.34. The van der Waals surface area contributed by atoms with Gasteiger partial charge >= 0.3 is 0 Å². The summed E-state index contributed by atoms with van der Waals surface area (Å²) in [5.41, 5.74) is 1.87. The summed E-state index contributed by atoms with van der Waals surface area (Å²) in [6, 6.07) is 5.75. The standard InChI is InChI=1S/C12H18O3S/c1-8(2)10-6-5-7-11(9(3)4)12(10)15-16(13)14/h5-9,16H,1-4H3. The number of para-hydroxylation sites is 1. The van der Waals surface area contributed by atoms with Crippen LogP contribution in [0.3, 0.4) is 0 Å². The number of hydrogen-bond donors (Lipinski definition) is 1. The smallest absolute Gasteiger partial charge is 0.299 e. The van der Waals surface area contributed by atoms with E-state index in [4.69, 9.17) is 4.18 Å². The van der Waals surface area contributed by atoms with Gasteiger partial charge in [0.1, 0.15) is 5.75 Å². The van der Waals surface area contributed by atoms with Gasteiger partial charge in [-0.05, 0) is 23.0 Å². The van der Waals surface area contributed by atoms with Gasteiger partial charge in [-0.2, -0.15) is 8.42 Å². The number of benzene rings is 1. The van der Waals surface area contributed by atoms with E-state index in [1.165, 1.54) is 0 Å². The van der Waals surface area contributed by atoms with Crippen LogP contribution in [-0.2, 0) is 11.0 Å². The second-order valence-corrected chi connectivity index (χ2v) is 5.02. The van der Waals surface area contributed by atoms with Gasteiger partial charge in [-0.25, -0.2) is 0 Å². The van der Waals surface area contributed by atoms with E-state index >= 15 is 0 Å². The summed E-state index contributed by atoms with van der Waals surface area (Å²) in [6.45, 7) is 8.07. The monoisotopic (exact) mass is 242 g/mol. The lowest BCUT2D eigenvalue weighted by atomic mass is 9.94. The van der Waals surface area contributed by atoms with Gasteiger partial charge in [-0.3, -0.25) is 0 Å². The summed E-state index contributed by atoms with van der Waals surface area (Å²) in [5.74, 6) is 0.982. The first-order chi connectivity index (χ1) is 7.43. The topological polar surface area (TPSA) is 43.4 Å². The molecule has 4 heteroatoms. The first-order valence-electron chi connectivity index (χ1n) is 5.38. The molecule has 1 rings (SSSR count). The molecule has 0 N–H and O–H groups in total. The van der Waals surface area contributed by atoms with Crippen LogP contribution in [0.2, 0.25) is 0 Å². The second kappa shape index (κ2) is 5.34. The molecule has 3 nitrogen and oxygen atoms in total. The lowest BCUT2D eigenvalue weighted by Crippen LogP contribution is -2.02. The molecular formula is C12H18O3S. The molecule has 0 fully saturated rings. The van der Waals surface area contributed by atoms with Crippen molar-refractivity contribution in [3.63, 3.8) is 0 Å². The minimum absolute atomic E-state index is 0.239. The maximum absolute atomic E-state index is 10.7. The third-order valence-corrected chi connectivity index (χ3v) is 2.82. The van der Waals surface area contributed by atoms with E-state index in [1.54, 1.807) is 0 Å². The highest BCUT2D eigenvalue weighted by molar-refractivity contribution is 7.67. The molecule has 0 saturated heterocycles. The van der Waals surface area contributed by atoms with Gasteiger partial charge in [0.15, 0.2) is 0 Å². The Labute approximate surface area is 98.6 Å². The van der Waals surface area contributed by atoms with Crippen molar-refractivity contribution in [3.05, 3.63) is 29.3 Å². The molecule has 0 aliphatic rings. The van der Waals surface area contributed by atoms with Crippen molar-refractivity contribution >= 4 is 11.0 Å². The largest absolute Gasteiger partial charge is 0.384 e. The molecule has 0 bridgehead atoms. The molecule has 0 spiro atoms. The molecule has 0 amide bonds. The van der Waals surface area contributed by atoms with Crippen molar-refractivity contribution in [2.45, 2.75) is 39.5 Å². The Hall–Kier alpha value is -1.03. The fraction of sp³-hybridized carbons (Fsp3) is 0.500. The SMILES string of the molecule is CC(C)c1cccc(C(C)C)c1O[SH](=O)=O. The summed E-state index contributed by atoms with van der Waals surface area (Å²) in [4.78, 5) is 0. The highest BCUT2D eigenvalue weighted by atomic mass is 32.2. The van der Waals surface area contributed by atoms with Crippen molar-refractivity contribution in [1.82, 2.24) is 0 Å². The van der Waals surface area contributed by atoms with Crippen LogP contribution >= 0.6 is 0 Å². The van der Waals surface area contributed by atoms with Gasteiger partial charge in [0.25, 0.3) is 11.0 Å². The fourth-order valence-corrected chi connectivity index (χ4v) is 2.02. The summed E-state index contributed by atoms with van der Waals surface area (Å²) in [6.07, 6.45) is 0. The maximum atomic E-state index is 10.7. The van der Waals surface area contributed by atoms with Crippen molar-refractivity contribution in [1.29, 1.82) is 0 Å². The maximum Gasteiger partial charge on any atom is 0.299 e. The minimum atomic E-state index is -2.86. The van der Waals surface area contributed by atoms with E-state index in [-0.39, 0.29) is 11.8 Å². The van der Waals surface area contributed by atoms with Gasteiger partial charge in [-0.1, -0.05) is 45.9 Å². The molecule has 0 aromatic heterocycles. The van der Waals surface area contributed by atoms with E-state index in [9.17, 15) is 8.42 Å². The zero-order valence-electron chi connectivity index (χ0n) is 10.1. The van der Waals surface area contributed by atoms with Gasteiger partial charge in [0.2, 0.25) is 0 Å². The first-order valence-corrected chi connectivity index (χ1v) is 6.48. The number of hydrogen-bond acceptors (Lipinski definition) is 3. The van der Waals surface area contributed by atoms with E-state index in [0.29, 0.717) is 5.75 Å². The molecule has 0 saturated carbocycles. The molecular weight excluding hydrogens is 224 g/mol. The molecule has 1 aromatic rings. The fourth-order valence-electron chi connectivity index (χ4n) is 1.66.